The summed E-state index contributed by atoms with van der Waals surface area (Å²) in [5.41, 5.74) is 1.04. The molecule has 1 unspecified atom stereocenters. The highest BCUT2D eigenvalue weighted by atomic mass is 79.9. The highest BCUT2D eigenvalue weighted by Gasteiger charge is 2.22. The van der Waals surface area contributed by atoms with Crippen LogP contribution >= 0.6 is 15.9 Å². The van der Waals surface area contributed by atoms with Crippen LogP contribution in [0.5, 0.6) is 5.75 Å². The maximum atomic E-state index is 12.4. The molecule has 1 atom stereocenters. The number of halogens is 1. The number of Topliss-reactive ketones (excluding diaryl/α,β-unsaturated/α-hetero) is 1. The van der Waals surface area contributed by atoms with Gasteiger partial charge in [-0.15, -0.1) is 0 Å². The van der Waals surface area contributed by atoms with Crippen LogP contribution in [0.1, 0.15) is 21.8 Å². The van der Waals surface area contributed by atoms with Gasteiger partial charge in [0.25, 0.3) is 0 Å². The molecule has 20 heavy (non-hydrogen) atoms. The number of pyridine rings is 1. The molecule has 5 heteroatoms. The van der Waals surface area contributed by atoms with E-state index in [9.17, 15) is 10.1 Å². The van der Waals surface area contributed by atoms with E-state index in [2.05, 4.69) is 20.9 Å². The van der Waals surface area contributed by atoms with Gasteiger partial charge in [0.15, 0.2) is 5.78 Å². The monoisotopic (exact) mass is 330 g/mol. The van der Waals surface area contributed by atoms with Crippen molar-refractivity contribution in [1.29, 1.82) is 5.26 Å². The molecular weight excluding hydrogens is 320 g/mol. The predicted molar refractivity (Wildman–Crippen MR) is 77.6 cm³/mol. The highest BCUT2D eigenvalue weighted by Crippen LogP contribution is 2.28. The van der Waals surface area contributed by atoms with Crippen molar-refractivity contribution in [2.45, 2.75) is 5.92 Å². The van der Waals surface area contributed by atoms with Gasteiger partial charge in [0.05, 0.1) is 17.7 Å². The summed E-state index contributed by atoms with van der Waals surface area (Å²) in [7, 11) is 1.55. The average molecular weight is 331 g/mol. The van der Waals surface area contributed by atoms with Gasteiger partial charge in [0.2, 0.25) is 0 Å². The number of rotatable bonds is 4. The van der Waals surface area contributed by atoms with Crippen molar-refractivity contribution in [3.8, 4) is 11.8 Å². The second-order valence-electron chi connectivity index (χ2n) is 4.06. The number of carbonyl (C=O) groups excluding carboxylic acids is 1. The molecule has 0 saturated heterocycles. The van der Waals surface area contributed by atoms with Crippen LogP contribution < -0.4 is 4.74 Å². The molecule has 100 valence electrons. The summed E-state index contributed by atoms with van der Waals surface area (Å²) in [6, 6.07) is 10.4. The van der Waals surface area contributed by atoms with Crippen LogP contribution in [0.15, 0.2) is 47.2 Å². The summed E-state index contributed by atoms with van der Waals surface area (Å²) in [6.07, 6.45) is 3.14. The zero-order valence-electron chi connectivity index (χ0n) is 10.7. The van der Waals surface area contributed by atoms with Crippen molar-refractivity contribution < 1.29 is 9.53 Å². The molecule has 0 aliphatic carbocycles. The van der Waals surface area contributed by atoms with Crippen molar-refractivity contribution in [3.05, 3.63) is 58.3 Å². The number of nitriles is 1. The molecule has 2 aromatic rings. The standard InChI is InChI=1S/C15H11BrN2O2/c1-20-14-5-4-10(7-13(14)16)15(19)12(8-17)11-3-2-6-18-9-11/h2-7,9,12H,1H3. The molecule has 0 spiro atoms. The third kappa shape index (κ3) is 2.86. The van der Waals surface area contributed by atoms with Crippen molar-refractivity contribution in [2.75, 3.05) is 7.11 Å². The van der Waals surface area contributed by atoms with E-state index >= 15 is 0 Å². The lowest BCUT2D eigenvalue weighted by Crippen LogP contribution is -2.11. The van der Waals surface area contributed by atoms with E-state index in [1.807, 2.05) is 6.07 Å². The van der Waals surface area contributed by atoms with Gasteiger partial charge in [0, 0.05) is 18.0 Å². The summed E-state index contributed by atoms with van der Waals surface area (Å²) in [6.45, 7) is 0. The van der Waals surface area contributed by atoms with E-state index in [4.69, 9.17) is 4.74 Å². The average Bonchev–Trinajstić information content (AvgIpc) is 2.49. The van der Waals surface area contributed by atoms with Crippen LogP contribution in [-0.4, -0.2) is 17.9 Å². The van der Waals surface area contributed by atoms with Gasteiger partial charge in [-0.1, -0.05) is 6.07 Å². The molecule has 0 amide bonds. The van der Waals surface area contributed by atoms with Crippen LogP contribution in [0.25, 0.3) is 0 Å². The fourth-order valence-electron chi connectivity index (χ4n) is 1.82. The lowest BCUT2D eigenvalue weighted by Gasteiger charge is -2.10. The summed E-state index contributed by atoms with van der Waals surface area (Å²) in [4.78, 5) is 16.4. The zero-order valence-corrected chi connectivity index (χ0v) is 12.3. The van der Waals surface area contributed by atoms with E-state index in [-0.39, 0.29) is 5.78 Å². The number of nitrogens with zero attached hydrogens (tertiary/aromatic N) is 2. The fourth-order valence-corrected chi connectivity index (χ4v) is 2.36. The van der Waals surface area contributed by atoms with Crippen molar-refractivity contribution in [1.82, 2.24) is 4.98 Å². The molecule has 2 rings (SSSR count). The smallest absolute Gasteiger partial charge is 0.184 e. The SMILES string of the molecule is COc1ccc(C(=O)C(C#N)c2cccnc2)cc1Br. The normalized spacial score (nSPS) is 11.4. The Hall–Kier alpha value is -2.19. The minimum atomic E-state index is -0.857. The summed E-state index contributed by atoms with van der Waals surface area (Å²) < 4.78 is 5.79. The minimum Gasteiger partial charge on any atom is -0.496 e. The van der Waals surface area contributed by atoms with E-state index in [1.54, 1.807) is 43.6 Å². The Balaban J connectivity index is 2.35. The van der Waals surface area contributed by atoms with Crippen molar-refractivity contribution in [2.24, 2.45) is 0 Å². The minimum absolute atomic E-state index is 0.260. The van der Waals surface area contributed by atoms with Crippen molar-refractivity contribution >= 4 is 21.7 Å². The summed E-state index contributed by atoms with van der Waals surface area (Å²) >= 11 is 3.33. The molecule has 4 nitrogen and oxygen atoms in total. The molecule has 0 fully saturated rings. The molecule has 0 saturated carbocycles. The second-order valence-corrected chi connectivity index (χ2v) is 4.92. The molecule has 0 radical (unpaired) electrons. The maximum absolute atomic E-state index is 12.4. The fraction of sp³-hybridized carbons (Fsp3) is 0.133. The summed E-state index contributed by atoms with van der Waals surface area (Å²) in [5, 5.41) is 9.25. The number of hydrogen-bond donors (Lipinski definition) is 0. The molecule has 1 heterocycles. The van der Waals surface area contributed by atoms with Gasteiger partial charge in [0.1, 0.15) is 11.7 Å². The molecular formula is C15H11BrN2O2. The molecule has 1 aromatic carbocycles. The van der Waals surface area contributed by atoms with Crippen LogP contribution in [0.4, 0.5) is 0 Å². The number of ketones is 1. The Labute approximate surface area is 125 Å². The van der Waals surface area contributed by atoms with Gasteiger partial charge < -0.3 is 4.74 Å². The van der Waals surface area contributed by atoms with Gasteiger partial charge in [-0.3, -0.25) is 9.78 Å². The number of carbonyl (C=O) groups is 1. The Morgan fingerprint density at radius 2 is 2.25 bits per heavy atom. The first kappa shape index (κ1) is 14.2. The van der Waals surface area contributed by atoms with Gasteiger partial charge in [-0.25, -0.2) is 0 Å². The predicted octanol–water partition coefficient (Wildman–Crippen LogP) is 3.34. The first-order valence-corrected chi connectivity index (χ1v) is 6.64. The van der Waals surface area contributed by atoms with E-state index < -0.39 is 5.92 Å². The Morgan fingerprint density at radius 1 is 1.45 bits per heavy atom. The van der Waals surface area contributed by atoms with Gasteiger partial charge in [-0.05, 0) is 45.8 Å². The summed E-state index contributed by atoms with van der Waals surface area (Å²) in [5.74, 6) is -0.482. The molecule has 0 aliphatic heterocycles. The topological polar surface area (TPSA) is 63.0 Å². The number of aromatic nitrogens is 1. The highest BCUT2D eigenvalue weighted by molar-refractivity contribution is 9.10. The number of ether oxygens (including phenoxy) is 1. The lowest BCUT2D eigenvalue weighted by molar-refractivity contribution is 0.0978. The lowest BCUT2D eigenvalue weighted by atomic mass is 9.93. The van der Waals surface area contributed by atoms with E-state index in [0.717, 1.165) is 0 Å². The largest absolute Gasteiger partial charge is 0.496 e. The Kier molecular flexibility index (Phi) is 4.49. The molecule has 0 N–H and O–H groups in total. The van der Waals surface area contributed by atoms with Crippen LogP contribution in [-0.2, 0) is 0 Å². The van der Waals surface area contributed by atoms with Crippen molar-refractivity contribution in [3.63, 3.8) is 0 Å². The Morgan fingerprint density at radius 3 is 2.80 bits per heavy atom. The first-order valence-electron chi connectivity index (χ1n) is 5.84. The van der Waals surface area contributed by atoms with E-state index in [0.29, 0.717) is 21.3 Å². The second kappa shape index (κ2) is 6.31. The number of methoxy groups -OCH3 is 1. The van der Waals surface area contributed by atoms with Gasteiger partial charge in [-0.2, -0.15) is 5.26 Å². The number of benzene rings is 1. The van der Waals surface area contributed by atoms with Crippen LogP contribution in [0, 0.1) is 11.3 Å². The van der Waals surface area contributed by atoms with Gasteiger partial charge >= 0.3 is 0 Å². The van der Waals surface area contributed by atoms with E-state index in [1.165, 1.54) is 6.20 Å². The quantitative estimate of drug-likeness (QED) is 0.806. The van der Waals surface area contributed by atoms with Crippen LogP contribution in [0.2, 0.25) is 0 Å². The molecule has 1 aromatic heterocycles. The molecule has 0 aliphatic rings. The number of hydrogen-bond acceptors (Lipinski definition) is 4. The Bertz CT molecular complexity index is 665. The maximum Gasteiger partial charge on any atom is 0.184 e. The third-order valence-electron chi connectivity index (χ3n) is 2.85. The molecule has 0 bridgehead atoms. The first-order chi connectivity index (χ1) is 9.67. The zero-order chi connectivity index (χ0) is 14.5. The van der Waals surface area contributed by atoms with Crippen LogP contribution in [0.3, 0.4) is 0 Å². The third-order valence-corrected chi connectivity index (χ3v) is 3.47.